The van der Waals surface area contributed by atoms with E-state index >= 15 is 0 Å². The number of aromatic amines is 1. The molecule has 4 aliphatic rings. The number of ketones is 1. The highest BCUT2D eigenvalue weighted by molar-refractivity contribution is 7.89. The van der Waals surface area contributed by atoms with E-state index < -0.39 is 56.9 Å². The van der Waals surface area contributed by atoms with Crippen molar-refractivity contribution in [3.8, 4) is 11.8 Å². The maximum atomic E-state index is 12.5. The Morgan fingerprint density at radius 3 is 1.34 bits per heavy atom. The van der Waals surface area contributed by atoms with Gasteiger partial charge in [0.25, 0.3) is 10.0 Å². The van der Waals surface area contributed by atoms with Crippen LogP contribution in [0.25, 0.3) is 0 Å². The van der Waals surface area contributed by atoms with Gasteiger partial charge in [0.1, 0.15) is 55.3 Å². The van der Waals surface area contributed by atoms with Crippen molar-refractivity contribution in [2.24, 2.45) is 110 Å². The smallest absolute Gasteiger partial charge is 0.435 e. The van der Waals surface area contributed by atoms with Gasteiger partial charge in [-0.25, -0.2) is 77.3 Å². The van der Waals surface area contributed by atoms with E-state index in [2.05, 4.69) is 203 Å². The lowest BCUT2D eigenvalue weighted by molar-refractivity contribution is -0.114. The number of esters is 2. The van der Waals surface area contributed by atoms with Crippen LogP contribution in [0, 0.1) is 94.7 Å². The standard InChI is InChI=1S/C20H27ClN2O3.C19H32N4O4S.C18H23ClN2O3.C16H28N2O3.C11H20N2O.C9H13NO3.C8H7Cl2NO2.C8H18O/c1-6-25-20(24)14-7-8-17(23-19(14)21)16-9-10-18(22-16)26-11-15(12(2)3)13(4)5;1-18(2,3)27-17(24)23-13-14(12-19(23,4)5)8-7-11-21-15-9-6-10-16(22-15)28(20,25)26;1-10(2)13(11(3)4)9-24-16-8-7-14(20-16)15-6-5-12(18(22)23)17(19)21-15;1-11(2)13(12(3)4)10-20-14-8-9-18(17-14)15(19)21-16(5,6)7;1-8(2)10(9(3)4)7-14-11-5-6-12-13-11;1-9(2,3)13-8(12)10-5-4-7(11)6-10;1-2-13-8(12)5-3-4-6(9)11-7(5)10;1-6(2)8(5-9)7(3)4/h7-10,12-13,15-16H,6,11H2,1-5H3;6,9-10,14H,7-8,11-13H2,1-5H3,(H,21,22)(H2,20,25,26);5-8,10-11,13-14H,9H2,1-4H3,(H,22,23);8-9,11-13H,10H2,1-7H3;5-6,8-10H,7H2,1-4H3,(H,12,13);4-5H,6H2,1-3H3;3-4H,2H2,1H3;6-9H,5H2,1-4H3. The molecule has 6 aromatic rings. The van der Waals surface area contributed by atoms with Gasteiger partial charge in [0.2, 0.25) is 23.6 Å². The lowest BCUT2D eigenvalue weighted by Crippen LogP contribution is -2.45. The molecule has 39 heteroatoms. The Hall–Kier alpha value is -10.3. The van der Waals surface area contributed by atoms with Crippen molar-refractivity contribution in [2.45, 2.75) is 287 Å². The minimum Gasteiger partial charge on any atom is -0.478 e. The van der Waals surface area contributed by atoms with Crippen LogP contribution in [0.2, 0.25) is 20.6 Å². The minimum absolute atomic E-state index is 0.0143. The SMILES string of the molecule is CC(C)(C)OC(=O)N1C=CC(=O)C1.CC(C)(C)OC(=O)N1CC(CCCNc2cccc(S(N)(=O)=O)n2)CC1(C)C.CC(C)C(CO)C(C)C.CC(C)C(COC1=NC(c2ccc(C(=O)O)c(Cl)n2)C=C1)C(C)C.CC(C)C(COc1ccn(C(=O)OC(C)(C)C)n1)C(C)C.CC(C)C(COc1ccn[nH]1)C(C)C.CCOC(=O)c1ccc(C2C=CC(OCC(C(C)C)C(C)C)=N2)nc1Cl.CCOC(=O)c1ccc(Cl)nc1Cl. The molecule has 3 atom stereocenters. The Morgan fingerprint density at radius 2 is 0.959 bits per heavy atom. The molecular weight excluding hydrogens is 2000 g/mol. The molecule has 3 unspecified atom stereocenters. The summed E-state index contributed by atoms with van der Waals surface area (Å²) in [6.07, 6.45) is 15.0. The van der Waals surface area contributed by atoms with Gasteiger partial charge in [0.05, 0.1) is 80.5 Å². The summed E-state index contributed by atoms with van der Waals surface area (Å²) >= 11 is 23.3. The van der Waals surface area contributed by atoms with Crippen molar-refractivity contribution in [3.05, 3.63) is 164 Å². The third-order valence-corrected chi connectivity index (χ3v) is 25.8. The largest absolute Gasteiger partial charge is 0.478 e. The number of nitrogens with zero attached hydrogens (tertiary/aromatic N) is 11. The molecule has 828 valence electrons. The Balaban J connectivity index is 0.000000444. The summed E-state index contributed by atoms with van der Waals surface area (Å²) in [6.45, 7) is 72.9. The molecule has 0 aliphatic carbocycles. The molecule has 2 amide bonds. The number of H-pyrrole nitrogens is 1. The van der Waals surface area contributed by atoms with Crippen molar-refractivity contribution >= 4 is 116 Å². The number of amides is 2. The van der Waals surface area contributed by atoms with Gasteiger partial charge >= 0.3 is 36.2 Å². The number of pyridine rings is 4. The normalized spacial score (nSPS) is 15.2. The first kappa shape index (κ1) is 132. The molecule has 6 N–H and O–H groups in total. The van der Waals surface area contributed by atoms with E-state index in [4.69, 9.17) is 104 Å². The fourth-order valence-electron chi connectivity index (χ4n) is 15.9. The van der Waals surface area contributed by atoms with Gasteiger partial charge in [0, 0.05) is 49.8 Å². The van der Waals surface area contributed by atoms with Crippen LogP contribution in [-0.2, 0) is 48.0 Å². The van der Waals surface area contributed by atoms with Gasteiger partial charge in [-0.05, 0) is 283 Å². The number of anilines is 1. The Bertz CT molecular complexity index is 5350. The number of nitrogens with one attached hydrogen (secondary N) is 2. The predicted octanol–water partition coefficient (Wildman–Crippen LogP) is 24.7. The average Bonchev–Trinajstić information content (AvgIpc) is 1.65. The number of carbonyl (C=O) groups is 7. The number of likely N-dealkylation sites (tertiary alicyclic amines) is 1. The quantitative estimate of drug-likeness (QED) is 0.0108. The number of aliphatic hydroxyl groups excluding tert-OH is 1. The second-order valence-corrected chi connectivity index (χ2v) is 46.4. The Labute approximate surface area is 899 Å². The van der Waals surface area contributed by atoms with Gasteiger partial charge in [-0.15, -0.1) is 5.10 Å². The summed E-state index contributed by atoms with van der Waals surface area (Å²) in [5.41, 5.74) is -0.0456. The first-order valence-electron chi connectivity index (χ1n) is 50.8. The second-order valence-electron chi connectivity index (χ2n) is 43.4. The minimum atomic E-state index is -3.81. The molecular formula is C109H168Cl4N14O20S. The first-order chi connectivity index (χ1) is 68.7. The number of hydrogen-bond acceptors (Lipinski definition) is 28. The van der Waals surface area contributed by atoms with Crippen LogP contribution in [0.5, 0.6) is 11.8 Å². The lowest BCUT2D eigenvalue weighted by Gasteiger charge is -2.33. The summed E-state index contributed by atoms with van der Waals surface area (Å²) in [4.78, 5) is 109. The third-order valence-electron chi connectivity index (χ3n) is 23.9. The molecule has 10 rings (SSSR count). The monoisotopic (exact) mass is 2170 g/mol. The Morgan fingerprint density at radius 1 is 0.534 bits per heavy atom. The van der Waals surface area contributed by atoms with Crippen LogP contribution in [0.1, 0.15) is 302 Å². The molecule has 1 fully saturated rings. The van der Waals surface area contributed by atoms with Crippen LogP contribution in [0.3, 0.4) is 0 Å². The molecule has 4 aliphatic heterocycles. The van der Waals surface area contributed by atoms with Crippen LogP contribution >= 0.6 is 46.4 Å². The molecule has 0 saturated carbocycles. The van der Waals surface area contributed by atoms with Crippen molar-refractivity contribution in [1.82, 2.24) is 49.7 Å². The fraction of sp³-hybridized carbons (Fsp3) is 0.624. The van der Waals surface area contributed by atoms with Crippen LogP contribution < -0.4 is 19.9 Å². The number of halogens is 4. The summed E-state index contributed by atoms with van der Waals surface area (Å²) in [7, 11) is -3.81. The van der Waals surface area contributed by atoms with Gasteiger partial charge in [0.15, 0.2) is 10.8 Å². The van der Waals surface area contributed by atoms with Crippen LogP contribution in [0.4, 0.5) is 20.2 Å². The topological polar surface area (TPSA) is 444 Å². The predicted molar refractivity (Wildman–Crippen MR) is 584 cm³/mol. The summed E-state index contributed by atoms with van der Waals surface area (Å²) in [5.74, 6) is 9.36. The molecule has 1 saturated heterocycles. The first-order valence-corrected chi connectivity index (χ1v) is 53.9. The number of aliphatic imine (C=N–C) groups is 2. The zero-order valence-corrected chi connectivity index (χ0v) is 97.1. The number of aromatic carboxylic acids is 1. The molecule has 0 radical (unpaired) electrons. The van der Waals surface area contributed by atoms with Crippen LogP contribution in [0.15, 0.2) is 131 Å². The van der Waals surface area contributed by atoms with Crippen molar-refractivity contribution < 1.29 is 94.8 Å². The molecule has 6 aromatic heterocycles. The highest BCUT2D eigenvalue weighted by Gasteiger charge is 2.43. The third kappa shape index (κ3) is 48.8. The highest BCUT2D eigenvalue weighted by atomic mass is 35.5. The van der Waals surface area contributed by atoms with Crippen LogP contribution in [-0.4, -0.2) is 210 Å². The summed E-state index contributed by atoms with van der Waals surface area (Å²) in [6, 6.07) is 17.1. The molecule has 0 aromatic carbocycles. The number of ether oxygens (including phenoxy) is 9. The maximum Gasteiger partial charge on any atom is 0.435 e. The number of aromatic nitrogens is 8. The van der Waals surface area contributed by atoms with Gasteiger partial charge in [-0.2, -0.15) is 9.78 Å². The lowest BCUT2D eigenvalue weighted by atomic mass is 9.86. The van der Waals surface area contributed by atoms with Crippen molar-refractivity contribution in [2.75, 3.05) is 71.2 Å². The Kier molecular flexibility index (Phi) is 56.2. The van der Waals surface area contributed by atoms with Gasteiger partial charge in [-0.1, -0.05) is 191 Å². The number of carboxylic acids is 1. The van der Waals surface area contributed by atoms with E-state index in [1.165, 1.54) is 46.1 Å². The number of aliphatic hydroxyl groups is 1. The van der Waals surface area contributed by atoms with Crippen molar-refractivity contribution in [3.63, 3.8) is 0 Å². The van der Waals surface area contributed by atoms with E-state index in [0.29, 0.717) is 182 Å². The van der Waals surface area contributed by atoms with E-state index in [9.17, 15) is 42.0 Å². The number of sulfonamides is 1. The number of carboxylic acid groups (broad SMARTS) is 1. The number of primary sulfonamides is 1. The highest BCUT2D eigenvalue weighted by Crippen LogP contribution is 2.38. The second kappa shape index (κ2) is 63.1. The molecule has 148 heavy (non-hydrogen) atoms. The number of nitrogens with two attached hydrogens (primary N) is 1. The number of rotatable bonds is 34. The average molecular weight is 2170 g/mol. The van der Waals surface area contributed by atoms with E-state index in [1.807, 2.05) is 76.8 Å². The summed E-state index contributed by atoms with van der Waals surface area (Å²) < 4.78 is 72.5. The number of hydrogen-bond donors (Lipinski definition) is 5. The fourth-order valence-corrected chi connectivity index (χ4v) is 17.3. The van der Waals surface area contributed by atoms with E-state index in [0.717, 1.165) is 31.7 Å². The number of carbonyl (C=O) groups excluding carboxylic acids is 6. The van der Waals surface area contributed by atoms with Gasteiger partial charge < -0.3 is 63.1 Å². The summed E-state index contributed by atoms with van der Waals surface area (Å²) in [5, 5.41) is 37.1. The molecule has 0 spiro atoms. The zero-order valence-electron chi connectivity index (χ0n) is 93.2. The molecule has 10 heterocycles. The van der Waals surface area contributed by atoms with E-state index in [1.54, 1.807) is 83.4 Å². The van der Waals surface area contributed by atoms with Crippen molar-refractivity contribution in [1.29, 1.82) is 0 Å². The van der Waals surface area contributed by atoms with Gasteiger partial charge in [-0.3, -0.25) is 9.69 Å². The molecule has 0 bridgehead atoms. The maximum absolute atomic E-state index is 12.5. The zero-order chi connectivity index (χ0) is 112. The molecule has 34 nitrogen and oxygen atoms in total. The van der Waals surface area contributed by atoms with E-state index in [-0.39, 0.29) is 78.4 Å².